The lowest BCUT2D eigenvalue weighted by atomic mass is 10.1. The molecule has 5 heteroatoms. The van der Waals surface area contributed by atoms with Gasteiger partial charge in [-0.15, -0.1) is 0 Å². The molecule has 2 aromatic carbocycles. The zero-order valence-electron chi connectivity index (χ0n) is 13.9. The summed E-state index contributed by atoms with van der Waals surface area (Å²) in [4.78, 5) is 23.7. The molecule has 0 atom stereocenters. The fourth-order valence-electron chi connectivity index (χ4n) is 2.31. The molecule has 0 saturated heterocycles. The van der Waals surface area contributed by atoms with Crippen molar-refractivity contribution in [1.29, 1.82) is 0 Å². The molecule has 0 aromatic heterocycles. The molecule has 0 heterocycles. The summed E-state index contributed by atoms with van der Waals surface area (Å²) < 4.78 is 10.3. The fraction of sp³-hybridized carbons (Fsp3) is 0.263. The van der Waals surface area contributed by atoms with Crippen molar-refractivity contribution in [3.05, 3.63) is 65.2 Å². The van der Waals surface area contributed by atoms with Crippen molar-refractivity contribution >= 4 is 11.9 Å². The van der Waals surface area contributed by atoms with Crippen LogP contribution in [0.1, 0.15) is 21.5 Å². The number of nitrogens with one attached hydrogen (secondary N) is 1. The van der Waals surface area contributed by atoms with Gasteiger partial charge in [-0.3, -0.25) is 4.79 Å². The summed E-state index contributed by atoms with van der Waals surface area (Å²) >= 11 is 0. The van der Waals surface area contributed by atoms with Crippen LogP contribution >= 0.6 is 0 Å². The van der Waals surface area contributed by atoms with E-state index in [1.807, 2.05) is 43.3 Å². The molecule has 5 nitrogen and oxygen atoms in total. The minimum Gasteiger partial charge on any atom is -0.496 e. The molecule has 1 amide bonds. The third-order valence-corrected chi connectivity index (χ3v) is 3.61. The van der Waals surface area contributed by atoms with E-state index in [0.29, 0.717) is 18.5 Å². The molecule has 0 aliphatic carbocycles. The van der Waals surface area contributed by atoms with E-state index in [4.69, 9.17) is 9.47 Å². The fourth-order valence-corrected chi connectivity index (χ4v) is 2.31. The molecule has 0 spiro atoms. The first-order valence-corrected chi connectivity index (χ1v) is 7.73. The number of amides is 1. The van der Waals surface area contributed by atoms with Gasteiger partial charge >= 0.3 is 5.97 Å². The van der Waals surface area contributed by atoms with E-state index >= 15 is 0 Å². The van der Waals surface area contributed by atoms with Crippen molar-refractivity contribution in [2.24, 2.45) is 0 Å². The van der Waals surface area contributed by atoms with Gasteiger partial charge in [0.05, 0.1) is 12.7 Å². The summed E-state index contributed by atoms with van der Waals surface area (Å²) in [5.74, 6) is -0.0301. The Morgan fingerprint density at radius 2 is 1.75 bits per heavy atom. The minimum absolute atomic E-state index is 0.293. The Morgan fingerprint density at radius 1 is 1.04 bits per heavy atom. The number of hydrogen-bond acceptors (Lipinski definition) is 4. The molecule has 2 rings (SSSR count). The molecule has 0 saturated carbocycles. The Balaban J connectivity index is 1.76. The van der Waals surface area contributed by atoms with Crippen molar-refractivity contribution in [2.75, 3.05) is 20.3 Å². The Kier molecular flexibility index (Phi) is 6.37. The van der Waals surface area contributed by atoms with Crippen molar-refractivity contribution < 1.29 is 19.1 Å². The van der Waals surface area contributed by atoms with Gasteiger partial charge in [0.1, 0.15) is 5.75 Å². The van der Waals surface area contributed by atoms with Crippen LogP contribution in [0.15, 0.2) is 48.5 Å². The van der Waals surface area contributed by atoms with Gasteiger partial charge in [0, 0.05) is 6.54 Å². The van der Waals surface area contributed by atoms with Gasteiger partial charge in [-0.2, -0.15) is 0 Å². The lowest BCUT2D eigenvalue weighted by molar-refractivity contribution is -0.124. The smallest absolute Gasteiger partial charge is 0.338 e. The minimum atomic E-state index is -0.493. The molecule has 0 unspecified atom stereocenters. The number of ether oxygens (including phenoxy) is 2. The number of hydrogen-bond donors (Lipinski definition) is 1. The zero-order chi connectivity index (χ0) is 17.4. The average Bonchev–Trinajstić information content (AvgIpc) is 2.60. The van der Waals surface area contributed by atoms with Crippen LogP contribution in [0.25, 0.3) is 0 Å². The highest BCUT2D eigenvalue weighted by Crippen LogP contribution is 2.17. The number of para-hydroxylation sites is 1. The third-order valence-electron chi connectivity index (χ3n) is 3.61. The van der Waals surface area contributed by atoms with Crippen LogP contribution < -0.4 is 10.1 Å². The number of rotatable bonds is 7. The summed E-state index contributed by atoms with van der Waals surface area (Å²) in [6, 6.07) is 14.7. The van der Waals surface area contributed by atoms with Gasteiger partial charge in [-0.1, -0.05) is 36.4 Å². The maximum absolute atomic E-state index is 11.9. The molecule has 0 bridgehead atoms. The van der Waals surface area contributed by atoms with Crippen molar-refractivity contribution in [3.63, 3.8) is 0 Å². The first-order valence-electron chi connectivity index (χ1n) is 7.73. The topological polar surface area (TPSA) is 64.6 Å². The maximum Gasteiger partial charge on any atom is 0.338 e. The van der Waals surface area contributed by atoms with Crippen LogP contribution in [-0.2, 0) is 16.0 Å². The van der Waals surface area contributed by atoms with E-state index < -0.39 is 5.97 Å². The predicted molar refractivity (Wildman–Crippen MR) is 91.2 cm³/mol. The molecule has 24 heavy (non-hydrogen) atoms. The van der Waals surface area contributed by atoms with E-state index in [0.717, 1.165) is 16.9 Å². The van der Waals surface area contributed by atoms with E-state index in [1.54, 1.807) is 19.2 Å². The summed E-state index contributed by atoms with van der Waals surface area (Å²) in [5.41, 5.74) is 2.30. The first-order chi connectivity index (χ1) is 11.6. The highest BCUT2D eigenvalue weighted by atomic mass is 16.5. The molecule has 0 radical (unpaired) electrons. The highest BCUT2D eigenvalue weighted by Gasteiger charge is 2.12. The second-order valence-corrected chi connectivity index (χ2v) is 5.30. The van der Waals surface area contributed by atoms with Crippen molar-refractivity contribution in [1.82, 2.24) is 5.32 Å². The first kappa shape index (κ1) is 17.5. The van der Waals surface area contributed by atoms with Crippen LogP contribution in [0.5, 0.6) is 5.75 Å². The van der Waals surface area contributed by atoms with Gasteiger partial charge in [0.25, 0.3) is 5.91 Å². The standard InChI is InChI=1S/C19H21NO4/c1-14-7-3-5-9-16(14)19(22)24-13-18(21)20-12-11-15-8-4-6-10-17(15)23-2/h3-10H,11-13H2,1-2H3,(H,20,21). The van der Waals surface area contributed by atoms with Crippen molar-refractivity contribution in [2.45, 2.75) is 13.3 Å². The predicted octanol–water partition coefficient (Wildman–Crippen LogP) is 2.52. The number of aryl methyl sites for hydroxylation is 1. The lowest BCUT2D eigenvalue weighted by Gasteiger charge is -2.10. The van der Waals surface area contributed by atoms with Gasteiger partial charge in [-0.05, 0) is 36.6 Å². The Labute approximate surface area is 141 Å². The molecular formula is C19H21NO4. The van der Waals surface area contributed by atoms with Crippen LogP contribution in [-0.4, -0.2) is 32.1 Å². The molecular weight excluding hydrogens is 306 g/mol. The largest absolute Gasteiger partial charge is 0.496 e. The van der Waals surface area contributed by atoms with E-state index in [-0.39, 0.29) is 12.5 Å². The number of benzene rings is 2. The quantitative estimate of drug-likeness (QED) is 0.794. The molecule has 2 aromatic rings. The van der Waals surface area contributed by atoms with Crippen LogP contribution in [0.4, 0.5) is 0 Å². The monoisotopic (exact) mass is 327 g/mol. The second kappa shape index (κ2) is 8.72. The van der Waals surface area contributed by atoms with E-state index in [2.05, 4.69) is 5.32 Å². The van der Waals surface area contributed by atoms with Gasteiger partial charge in [0.2, 0.25) is 0 Å². The van der Waals surface area contributed by atoms with E-state index in [9.17, 15) is 9.59 Å². The summed E-state index contributed by atoms with van der Waals surface area (Å²) in [6.07, 6.45) is 0.640. The number of methoxy groups -OCH3 is 1. The van der Waals surface area contributed by atoms with Gasteiger partial charge in [-0.25, -0.2) is 4.79 Å². The molecule has 0 aliphatic heterocycles. The third kappa shape index (κ3) is 4.84. The summed E-state index contributed by atoms with van der Waals surface area (Å²) in [6.45, 7) is 1.98. The van der Waals surface area contributed by atoms with E-state index in [1.165, 1.54) is 0 Å². The molecule has 0 fully saturated rings. The Morgan fingerprint density at radius 3 is 2.50 bits per heavy atom. The molecule has 126 valence electrons. The second-order valence-electron chi connectivity index (χ2n) is 5.30. The maximum atomic E-state index is 11.9. The summed E-state index contributed by atoms with van der Waals surface area (Å²) in [5, 5.41) is 2.73. The zero-order valence-corrected chi connectivity index (χ0v) is 13.9. The lowest BCUT2D eigenvalue weighted by Crippen LogP contribution is -2.30. The average molecular weight is 327 g/mol. The van der Waals surface area contributed by atoms with Crippen LogP contribution in [0.3, 0.4) is 0 Å². The Hall–Kier alpha value is -2.82. The summed E-state index contributed by atoms with van der Waals surface area (Å²) in [7, 11) is 1.61. The molecule has 0 aliphatic rings. The normalized spacial score (nSPS) is 10.1. The number of carbonyl (C=O) groups excluding carboxylic acids is 2. The number of esters is 1. The van der Waals surface area contributed by atoms with Crippen molar-refractivity contribution in [3.8, 4) is 5.75 Å². The van der Waals surface area contributed by atoms with Crippen LogP contribution in [0.2, 0.25) is 0 Å². The molecule has 1 N–H and O–H groups in total. The highest BCUT2D eigenvalue weighted by molar-refractivity contribution is 5.92. The number of carbonyl (C=O) groups is 2. The van der Waals surface area contributed by atoms with Gasteiger partial charge < -0.3 is 14.8 Å². The van der Waals surface area contributed by atoms with Crippen LogP contribution in [0, 0.1) is 6.92 Å². The van der Waals surface area contributed by atoms with Gasteiger partial charge in [0.15, 0.2) is 6.61 Å². The Bertz CT molecular complexity index is 712. The SMILES string of the molecule is COc1ccccc1CCNC(=O)COC(=O)c1ccccc1C.